The highest BCUT2D eigenvalue weighted by Gasteiger charge is 2.23. The molecule has 1 fully saturated rings. The lowest BCUT2D eigenvalue weighted by atomic mass is 10.2. The summed E-state index contributed by atoms with van der Waals surface area (Å²) in [5, 5.41) is 1.38. The average Bonchev–Trinajstić information content (AvgIpc) is 2.81. The summed E-state index contributed by atoms with van der Waals surface area (Å²) in [4.78, 5) is 17.3. The number of amides is 1. The zero-order valence-corrected chi connectivity index (χ0v) is 10.5. The van der Waals surface area contributed by atoms with Crippen molar-refractivity contribution >= 4 is 21.8 Å². The second-order valence-electron chi connectivity index (χ2n) is 3.44. The highest BCUT2D eigenvalue weighted by Crippen LogP contribution is 2.25. The number of carbonyl (C=O) groups is 1. The van der Waals surface area contributed by atoms with Gasteiger partial charge < -0.3 is 4.74 Å². The monoisotopic (exact) mass is 285 g/mol. The number of carbonyl (C=O) groups excluding carboxylic acids is 1. The molecule has 2 rings (SSSR count). The minimum atomic E-state index is -0.151. The molecule has 1 aromatic carbocycles. The van der Waals surface area contributed by atoms with Gasteiger partial charge in [0.1, 0.15) is 5.75 Å². The molecule has 0 N–H and O–H groups in total. The largest absolute Gasteiger partial charge is 0.496 e. The van der Waals surface area contributed by atoms with Crippen LogP contribution in [0.25, 0.3) is 0 Å². The van der Waals surface area contributed by atoms with Crippen LogP contribution in [0.15, 0.2) is 22.7 Å². The molecule has 0 unspecified atom stereocenters. The second kappa shape index (κ2) is 4.84. The van der Waals surface area contributed by atoms with Crippen LogP contribution < -0.4 is 4.74 Å². The Morgan fingerprint density at radius 3 is 3.00 bits per heavy atom. The van der Waals surface area contributed by atoms with Crippen molar-refractivity contribution in [3.8, 4) is 5.75 Å². The first-order valence-corrected chi connectivity index (χ1v) is 5.80. The molecule has 1 amide bonds. The molecule has 1 aliphatic rings. The molecular formula is C11H12BrNO3. The Morgan fingerprint density at radius 1 is 1.56 bits per heavy atom. The van der Waals surface area contributed by atoms with Gasteiger partial charge >= 0.3 is 0 Å². The first-order chi connectivity index (χ1) is 7.72. The maximum atomic E-state index is 12.0. The van der Waals surface area contributed by atoms with E-state index in [1.165, 1.54) is 5.06 Å². The summed E-state index contributed by atoms with van der Waals surface area (Å²) in [5.41, 5.74) is 0.521. The van der Waals surface area contributed by atoms with Gasteiger partial charge in [-0.3, -0.25) is 9.63 Å². The van der Waals surface area contributed by atoms with Crippen molar-refractivity contribution in [3.05, 3.63) is 28.2 Å². The third kappa shape index (κ3) is 2.20. The van der Waals surface area contributed by atoms with Crippen molar-refractivity contribution in [1.82, 2.24) is 5.06 Å². The number of nitrogens with zero attached hydrogens (tertiary/aromatic N) is 1. The molecule has 0 aliphatic carbocycles. The number of hydrogen-bond acceptors (Lipinski definition) is 3. The van der Waals surface area contributed by atoms with Gasteiger partial charge in [-0.05, 0) is 24.6 Å². The number of halogens is 1. The van der Waals surface area contributed by atoms with Crippen LogP contribution in [-0.2, 0) is 4.84 Å². The molecule has 0 atom stereocenters. The van der Waals surface area contributed by atoms with Crippen molar-refractivity contribution in [2.45, 2.75) is 6.42 Å². The molecule has 0 saturated carbocycles. The third-order valence-corrected chi connectivity index (χ3v) is 2.87. The molecule has 0 radical (unpaired) electrons. The van der Waals surface area contributed by atoms with Crippen molar-refractivity contribution in [2.24, 2.45) is 0 Å². The van der Waals surface area contributed by atoms with E-state index in [-0.39, 0.29) is 5.91 Å². The number of benzene rings is 1. The third-order valence-electron chi connectivity index (χ3n) is 2.37. The Balaban J connectivity index is 2.28. The molecule has 5 heteroatoms. The summed E-state index contributed by atoms with van der Waals surface area (Å²) in [6.07, 6.45) is 0.880. The minimum absolute atomic E-state index is 0.151. The Labute approximate surface area is 102 Å². The van der Waals surface area contributed by atoms with Crippen LogP contribution in [0, 0.1) is 0 Å². The molecule has 0 aromatic heterocycles. The van der Waals surface area contributed by atoms with Crippen LogP contribution in [0.2, 0.25) is 0 Å². The molecule has 0 spiro atoms. The number of hydrogen-bond donors (Lipinski definition) is 0. The van der Waals surface area contributed by atoms with Crippen LogP contribution in [0.3, 0.4) is 0 Å². The predicted molar refractivity (Wildman–Crippen MR) is 62.3 cm³/mol. The Hall–Kier alpha value is -1.07. The highest BCUT2D eigenvalue weighted by atomic mass is 79.9. The first kappa shape index (κ1) is 11.4. The smallest absolute Gasteiger partial charge is 0.281 e. The normalized spacial score (nSPS) is 15.2. The number of hydroxylamine groups is 2. The van der Waals surface area contributed by atoms with Gasteiger partial charge in [-0.1, -0.05) is 15.9 Å². The van der Waals surface area contributed by atoms with Gasteiger partial charge in [0, 0.05) is 4.47 Å². The molecule has 1 aliphatic heterocycles. The predicted octanol–water partition coefficient (Wildman–Crippen LogP) is 2.24. The van der Waals surface area contributed by atoms with E-state index in [4.69, 9.17) is 9.57 Å². The lowest BCUT2D eigenvalue weighted by Gasteiger charge is -2.15. The second-order valence-corrected chi connectivity index (χ2v) is 4.35. The van der Waals surface area contributed by atoms with Gasteiger partial charge in [0.25, 0.3) is 5.91 Å². The van der Waals surface area contributed by atoms with Crippen LogP contribution in [-0.4, -0.2) is 31.2 Å². The van der Waals surface area contributed by atoms with E-state index in [2.05, 4.69) is 15.9 Å². The fourth-order valence-corrected chi connectivity index (χ4v) is 1.92. The molecule has 1 saturated heterocycles. The van der Waals surface area contributed by atoms with Gasteiger partial charge in [-0.2, -0.15) is 0 Å². The van der Waals surface area contributed by atoms with Crippen molar-refractivity contribution < 1.29 is 14.4 Å². The van der Waals surface area contributed by atoms with E-state index in [0.29, 0.717) is 24.5 Å². The molecule has 1 aromatic rings. The van der Waals surface area contributed by atoms with E-state index in [1.54, 1.807) is 19.2 Å². The van der Waals surface area contributed by atoms with Crippen molar-refractivity contribution in [1.29, 1.82) is 0 Å². The Bertz CT molecular complexity index is 402. The van der Waals surface area contributed by atoms with E-state index >= 15 is 0 Å². The molecule has 16 heavy (non-hydrogen) atoms. The van der Waals surface area contributed by atoms with Gasteiger partial charge in [-0.25, -0.2) is 5.06 Å². The fraction of sp³-hybridized carbons (Fsp3) is 0.364. The number of methoxy groups -OCH3 is 1. The first-order valence-electron chi connectivity index (χ1n) is 5.00. The van der Waals surface area contributed by atoms with Crippen molar-refractivity contribution in [2.75, 3.05) is 20.3 Å². The van der Waals surface area contributed by atoms with Gasteiger partial charge in [0.05, 0.1) is 25.8 Å². The van der Waals surface area contributed by atoms with Crippen molar-refractivity contribution in [3.63, 3.8) is 0 Å². The topological polar surface area (TPSA) is 38.8 Å². The van der Waals surface area contributed by atoms with E-state index < -0.39 is 0 Å². The lowest BCUT2D eigenvalue weighted by molar-refractivity contribution is -0.0769. The fourth-order valence-electron chi connectivity index (χ4n) is 1.58. The van der Waals surface area contributed by atoms with E-state index in [0.717, 1.165) is 10.9 Å². The summed E-state index contributed by atoms with van der Waals surface area (Å²) in [6.45, 7) is 1.24. The molecule has 0 bridgehead atoms. The molecular weight excluding hydrogens is 274 g/mol. The number of ether oxygens (including phenoxy) is 1. The van der Waals surface area contributed by atoms with Crippen LogP contribution in [0.1, 0.15) is 16.8 Å². The molecule has 1 heterocycles. The number of rotatable bonds is 2. The van der Waals surface area contributed by atoms with Crippen LogP contribution >= 0.6 is 15.9 Å². The zero-order valence-electron chi connectivity index (χ0n) is 8.90. The van der Waals surface area contributed by atoms with Gasteiger partial charge in [-0.15, -0.1) is 0 Å². The van der Waals surface area contributed by atoms with Crippen LogP contribution in [0.4, 0.5) is 0 Å². The summed E-state index contributed by atoms with van der Waals surface area (Å²) in [7, 11) is 1.55. The van der Waals surface area contributed by atoms with Crippen LogP contribution in [0.5, 0.6) is 5.75 Å². The van der Waals surface area contributed by atoms with Gasteiger partial charge in [0.2, 0.25) is 0 Å². The average molecular weight is 286 g/mol. The van der Waals surface area contributed by atoms with E-state index in [9.17, 15) is 4.79 Å². The highest BCUT2D eigenvalue weighted by molar-refractivity contribution is 9.10. The molecule has 86 valence electrons. The summed E-state index contributed by atoms with van der Waals surface area (Å²) in [6, 6.07) is 5.31. The van der Waals surface area contributed by atoms with Gasteiger partial charge in [0.15, 0.2) is 0 Å². The molecule has 4 nitrogen and oxygen atoms in total. The quantitative estimate of drug-likeness (QED) is 0.837. The standard InChI is InChI=1S/C11H12BrNO3/c1-15-10-7-8(12)3-4-9(10)11(14)13-5-2-6-16-13/h3-4,7H,2,5-6H2,1H3. The summed E-state index contributed by atoms with van der Waals surface area (Å²) < 4.78 is 6.05. The zero-order chi connectivity index (χ0) is 11.5. The minimum Gasteiger partial charge on any atom is -0.496 e. The summed E-state index contributed by atoms with van der Waals surface area (Å²) >= 11 is 3.33. The maximum absolute atomic E-state index is 12.0. The lowest BCUT2D eigenvalue weighted by Crippen LogP contribution is -2.26. The Morgan fingerprint density at radius 2 is 2.38 bits per heavy atom. The Kier molecular flexibility index (Phi) is 3.46. The SMILES string of the molecule is COc1cc(Br)ccc1C(=O)N1CCCO1. The summed E-state index contributed by atoms with van der Waals surface area (Å²) in [5.74, 6) is 0.400. The maximum Gasteiger partial charge on any atom is 0.281 e. The van der Waals surface area contributed by atoms with E-state index in [1.807, 2.05) is 6.07 Å².